The third kappa shape index (κ3) is 3.40. The summed E-state index contributed by atoms with van der Waals surface area (Å²) in [6.07, 6.45) is 2.67. The van der Waals surface area contributed by atoms with Crippen LogP contribution in [0.5, 0.6) is 0 Å². The second kappa shape index (κ2) is 7.16. The van der Waals surface area contributed by atoms with Gasteiger partial charge in [0.25, 0.3) is 0 Å². The highest BCUT2D eigenvalue weighted by atomic mass is 15.3. The van der Waals surface area contributed by atoms with E-state index < -0.39 is 0 Å². The van der Waals surface area contributed by atoms with Crippen LogP contribution < -0.4 is 16.0 Å². The van der Waals surface area contributed by atoms with E-state index in [2.05, 4.69) is 56.5 Å². The van der Waals surface area contributed by atoms with Crippen molar-refractivity contribution in [3.05, 3.63) is 36.5 Å². The van der Waals surface area contributed by atoms with Crippen LogP contribution in [0.1, 0.15) is 13.3 Å². The van der Waals surface area contributed by atoms with Gasteiger partial charge in [0, 0.05) is 32.4 Å². The zero-order valence-electron chi connectivity index (χ0n) is 14.1. The second-order valence-corrected chi connectivity index (χ2v) is 5.63. The van der Waals surface area contributed by atoms with Gasteiger partial charge < -0.3 is 16.0 Å². The minimum absolute atomic E-state index is 0.454. The number of nitrogens with zero attached hydrogens (tertiary/aromatic N) is 5. The van der Waals surface area contributed by atoms with Crippen molar-refractivity contribution in [1.82, 2.24) is 19.7 Å². The number of fused-ring (bicyclic) bond motifs is 1. The van der Waals surface area contributed by atoms with Gasteiger partial charge >= 0.3 is 0 Å². The normalized spacial score (nSPS) is 10.9. The Labute approximate surface area is 141 Å². The number of nitrogen functional groups attached to an aromatic ring is 1. The molecule has 3 rings (SSSR count). The molecule has 1 aromatic carbocycles. The zero-order chi connectivity index (χ0) is 16.9. The average Bonchev–Trinajstić information content (AvgIpc) is 2.97. The van der Waals surface area contributed by atoms with Gasteiger partial charge in [-0.3, -0.25) is 4.68 Å². The molecule has 0 fully saturated rings. The Balaban J connectivity index is 1.57. The molecule has 0 spiro atoms. The lowest BCUT2D eigenvalue weighted by molar-refractivity contribution is 0.764. The largest absolute Gasteiger partial charge is 0.383 e. The molecule has 2 aromatic heterocycles. The third-order valence-corrected chi connectivity index (χ3v) is 4.01. The van der Waals surface area contributed by atoms with Gasteiger partial charge in [0.1, 0.15) is 5.82 Å². The average molecular weight is 325 g/mol. The van der Waals surface area contributed by atoms with Crippen molar-refractivity contribution in [3.8, 4) is 0 Å². The predicted molar refractivity (Wildman–Crippen MR) is 98.2 cm³/mol. The fraction of sp³-hybridized carbons (Fsp3) is 0.353. The molecule has 0 saturated heterocycles. The summed E-state index contributed by atoms with van der Waals surface area (Å²) in [6, 6.07) is 10.4. The fourth-order valence-corrected chi connectivity index (χ4v) is 2.70. The lowest BCUT2D eigenvalue weighted by atomic mass is 10.2. The van der Waals surface area contributed by atoms with Crippen LogP contribution in [-0.4, -0.2) is 39.4 Å². The molecule has 3 aromatic rings. The van der Waals surface area contributed by atoms with Gasteiger partial charge in [-0.05, 0) is 25.5 Å². The molecule has 0 aliphatic heterocycles. The van der Waals surface area contributed by atoms with E-state index in [4.69, 9.17) is 5.73 Å². The van der Waals surface area contributed by atoms with Crippen LogP contribution in [0.25, 0.3) is 11.0 Å². The Kier molecular flexibility index (Phi) is 4.79. The maximum atomic E-state index is 5.97. The molecule has 126 valence electrons. The highest BCUT2D eigenvalue weighted by Crippen LogP contribution is 2.18. The Morgan fingerprint density at radius 1 is 1.21 bits per heavy atom. The standard InChI is InChI=1S/C17H23N7/c1-3-24(13-8-5-4-6-9-13)11-7-10-19-17-21-15(18)14-12-20-23(2)16(14)22-17/h4-6,8-9,12H,3,7,10-11H2,1-2H3,(H3,18,19,21,22). The Morgan fingerprint density at radius 2 is 2.00 bits per heavy atom. The molecule has 0 bridgehead atoms. The number of rotatable bonds is 7. The first-order valence-corrected chi connectivity index (χ1v) is 8.18. The molecule has 0 unspecified atom stereocenters. The van der Waals surface area contributed by atoms with Crippen LogP contribution in [0.2, 0.25) is 0 Å². The summed E-state index contributed by atoms with van der Waals surface area (Å²) in [5, 5.41) is 8.20. The summed E-state index contributed by atoms with van der Waals surface area (Å²) in [4.78, 5) is 11.1. The summed E-state index contributed by atoms with van der Waals surface area (Å²) in [7, 11) is 1.84. The van der Waals surface area contributed by atoms with Gasteiger partial charge in [0.15, 0.2) is 5.65 Å². The van der Waals surface area contributed by atoms with Crippen molar-refractivity contribution in [3.63, 3.8) is 0 Å². The van der Waals surface area contributed by atoms with E-state index in [9.17, 15) is 0 Å². The van der Waals surface area contributed by atoms with Crippen LogP contribution in [0.4, 0.5) is 17.5 Å². The topological polar surface area (TPSA) is 84.9 Å². The molecular formula is C17H23N7. The number of nitrogens with two attached hydrogens (primary N) is 1. The van der Waals surface area contributed by atoms with E-state index >= 15 is 0 Å². The van der Waals surface area contributed by atoms with E-state index in [-0.39, 0.29) is 0 Å². The minimum atomic E-state index is 0.454. The van der Waals surface area contributed by atoms with Crippen molar-refractivity contribution >= 4 is 28.5 Å². The summed E-state index contributed by atoms with van der Waals surface area (Å²) in [5.41, 5.74) is 7.95. The third-order valence-electron chi connectivity index (χ3n) is 4.01. The number of hydrogen-bond acceptors (Lipinski definition) is 6. The van der Waals surface area contributed by atoms with E-state index in [0.717, 1.165) is 37.1 Å². The molecule has 2 heterocycles. The first-order valence-electron chi connectivity index (χ1n) is 8.18. The minimum Gasteiger partial charge on any atom is -0.383 e. The van der Waals surface area contributed by atoms with E-state index in [0.29, 0.717) is 11.8 Å². The van der Waals surface area contributed by atoms with Crippen molar-refractivity contribution in [2.24, 2.45) is 7.05 Å². The van der Waals surface area contributed by atoms with E-state index in [1.165, 1.54) is 5.69 Å². The van der Waals surface area contributed by atoms with Crippen molar-refractivity contribution in [1.29, 1.82) is 0 Å². The molecule has 0 aliphatic rings. The Bertz CT molecular complexity index is 797. The first kappa shape index (κ1) is 16.0. The molecule has 0 saturated carbocycles. The molecule has 0 amide bonds. The Hall–Kier alpha value is -2.83. The number of para-hydroxylation sites is 1. The van der Waals surface area contributed by atoms with Gasteiger partial charge in [0.2, 0.25) is 5.95 Å². The van der Waals surface area contributed by atoms with E-state index in [1.54, 1.807) is 10.9 Å². The lowest BCUT2D eigenvalue weighted by Gasteiger charge is -2.23. The van der Waals surface area contributed by atoms with Crippen LogP contribution >= 0.6 is 0 Å². The summed E-state index contributed by atoms with van der Waals surface area (Å²) < 4.78 is 1.70. The molecule has 0 atom stereocenters. The monoisotopic (exact) mass is 325 g/mol. The van der Waals surface area contributed by atoms with Crippen LogP contribution in [0.3, 0.4) is 0 Å². The number of hydrogen-bond donors (Lipinski definition) is 2. The molecule has 7 nitrogen and oxygen atoms in total. The molecule has 7 heteroatoms. The van der Waals surface area contributed by atoms with Gasteiger partial charge in [-0.1, -0.05) is 18.2 Å². The number of benzene rings is 1. The van der Waals surface area contributed by atoms with Crippen LogP contribution in [0, 0.1) is 0 Å². The second-order valence-electron chi connectivity index (χ2n) is 5.63. The van der Waals surface area contributed by atoms with Gasteiger partial charge in [-0.2, -0.15) is 15.1 Å². The SMILES string of the molecule is CCN(CCCNc1nc(N)c2cnn(C)c2n1)c1ccccc1. The number of aryl methyl sites for hydroxylation is 1. The first-order chi connectivity index (χ1) is 11.7. The fourth-order valence-electron chi connectivity index (χ4n) is 2.70. The highest BCUT2D eigenvalue weighted by molar-refractivity contribution is 5.86. The summed E-state index contributed by atoms with van der Waals surface area (Å²) in [5.74, 6) is 1.00. The number of aromatic nitrogens is 4. The number of anilines is 3. The van der Waals surface area contributed by atoms with Crippen molar-refractivity contribution < 1.29 is 0 Å². The maximum Gasteiger partial charge on any atom is 0.226 e. The maximum absolute atomic E-state index is 5.97. The summed E-state index contributed by atoms with van der Waals surface area (Å²) >= 11 is 0. The van der Waals surface area contributed by atoms with Crippen LogP contribution in [0.15, 0.2) is 36.5 Å². The van der Waals surface area contributed by atoms with Gasteiger partial charge in [0.05, 0.1) is 11.6 Å². The van der Waals surface area contributed by atoms with E-state index in [1.807, 2.05) is 13.1 Å². The zero-order valence-corrected chi connectivity index (χ0v) is 14.1. The Morgan fingerprint density at radius 3 is 2.75 bits per heavy atom. The van der Waals surface area contributed by atoms with Gasteiger partial charge in [-0.25, -0.2) is 0 Å². The molecule has 0 radical (unpaired) electrons. The van der Waals surface area contributed by atoms with Crippen LogP contribution in [-0.2, 0) is 7.05 Å². The van der Waals surface area contributed by atoms with Crippen molar-refractivity contribution in [2.75, 3.05) is 35.6 Å². The lowest BCUT2D eigenvalue weighted by Crippen LogP contribution is -2.25. The highest BCUT2D eigenvalue weighted by Gasteiger charge is 2.09. The molecular weight excluding hydrogens is 302 g/mol. The quantitative estimate of drug-likeness (QED) is 0.648. The molecule has 0 aliphatic carbocycles. The molecule has 24 heavy (non-hydrogen) atoms. The molecule has 3 N–H and O–H groups in total. The van der Waals surface area contributed by atoms with Gasteiger partial charge in [-0.15, -0.1) is 0 Å². The predicted octanol–water partition coefficient (Wildman–Crippen LogP) is 2.27. The summed E-state index contributed by atoms with van der Waals surface area (Å²) in [6.45, 7) is 4.90. The van der Waals surface area contributed by atoms with Crippen molar-refractivity contribution in [2.45, 2.75) is 13.3 Å². The smallest absolute Gasteiger partial charge is 0.226 e. The number of nitrogens with one attached hydrogen (secondary N) is 1.